The van der Waals surface area contributed by atoms with E-state index in [9.17, 15) is 4.79 Å². The highest BCUT2D eigenvalue weighted by molar-refractivity contribution is 5.69. The van der Waals surface area contributed by atoms with Crippen LogP contribution in [-0.2, 0) is 16.1 Å². The lowest BCUT2D eigenvalue weighted by atomic mass is 10.1. The molecule has 0 radical (unpaired) electrons. The molecule has 0 unspecified atom stereocenters. The lowest BCUT2D eigenvalue weighted by molar-refractivity contribution is -0.145. The van der Waals surface area contributed by atoms with E-state index in [1.807, 2.05) is 36.5 Å². The molecule has 0 saturated heterocycles. The second kappa shape index (κ2) is 12.1. The van der Waals surface area contributed by atoms with Crippen molar-refractivity contribution >= 4 is 12.2 Å². The van der Waals surface area contributed by atoms with Crippen molar-refractivity contribution in [2.24, 2.45) is 4.99 Å². The fraction of sp³-hybridized carbons (Fsp3) is 0.556. The maximum absolute atomic E-state index is 11.6. The zero-order chi connectivity index (χ0) is 15.2. The molecule has 1 aromatic carbocycles. The van der Waals surface area contributed by atoms with Crippen LogP contribution >= 0.6 is 0 Å². The van der Waals surface area contributed by atoms with Crippen LogP contribution in [0.1, 0.15) is 57.4 Å². The van der Waals surface area contributed by atoms with Crippen LogP contribution in [-0.4, -0.2) is 18.7 Å². The van der Waals surface area contributed by atoms with E-state index in [1.54, 1.807) is 0 Å². The van der Waals surface area contributed by atoms with Gasteiger partial charge in [-0.3, -0.25) is 9.79 Å². The van der Waals surface area contributed by atoms with Gasteiger partial charge in [0.15, 0.2) is 0 Å². The molecule has 116 valence electrons. The highest BCUT2D eigenvalue weighted by atomic mass is 16.5. The number of hydrogen-bond acceptors (Lipinski definition) is 3. The summed E-state index contributed by atoms with van der Waals surface area (Å²) in [6.07, 6.45) is 9.00. The molecule has 0 aliphatic heterocycles. The first-order valence-corrected chi connectivity index (χ1v) is 8.00. The van der Waals surface area contributed by atoms with Gasteiger partial charge in [-0.25, -0.2) is 0 Å². The van der Waals surface area contributed by atoms with Gasteiger partial charge in [0.2, 0.25) is 0 Å². The van der Waals surface area contributed by atoms with E-state index in [0.717, 1.165) is 50.6 Å². The molecule has 0 fully saturated rings. The Labute approximate surface area is 128 Å². The van der Waals surface area contributed by atoms with E-state index in [4.69, 9.17) is 4.74 Å². The van der Waals surface area contributed by atoms with Gasteiger partial charge in [-0.1, -0.05) is 56.5 Å². The zero-order valence-electron chi connectivity index (χ0n) is 13.1. The SMILES string of the molecule is CCCC=NCCCCCCC(=O)OCc1ccccc1. The molecule has 0 aliphatic rings. The molecule has 0 bridgehead atoms. The number of benzene rings is 1. The van der Waals surface area contributed by atoms with Crippen LogP contribution in [0, 0.1) is 0 Å². The molecule has 1 aromatic rings. The zero-order valence-corrected chi connectivity index (χ0v) is 13.1. The Kier molecular flexibility index (Phi) is 10.1. The summed E-state index contributed by atoms with van der Waals surface area (Å²) in [4.78, 5) is 15.9. The largest absolute Gasteiger partial charge is 0.461 e. The van der Waals surface area contributed by atoms with Crippen molar-refractivity contribution in [3.8, 4) is 0 Å². The van der Waals surface area contributed by atoms with Crippen LogP contribution in [0.2, 0.25) is 0 Å². The van der Waals surface area contributed by atoms with Crippen LogP contribution < -0.4 is 0 Å². The molecule has 0 atom stereocenters. The molecule has 21 heavy (non-hydrogen) atoms. The highest BCUT2D eigenvalue weighted by Crippen LogP contribution is 2.06. The van der Waals surface area contributed by atoms with Crippen LogP contribution in [0.15, 0.2) is 35.3 Å². The van der Waals surface area contributed by atoms with Crippen LogP contribution in [0.3, 0.4) is 0 Å². The van der Waals surface area contributed by atoms with Crippen molar-refractivity contribution in [1.29, 1.82) is 0 Å². The Balaban J connectivity index is 1.94. The number of carbonyl (C=O) groups is 1. The van der Waals surface area contributed by atoms with E-state index in [0.29, 0.717) is 13.0 Å². The van der Waals surface area contributed by atoms with Gasteiger partial charge < -0.3 is 4.74 Å². The average molecular weight is 289 g/mol. The summed E-state index contributed by atoms with van der Waals surface area (Å²) in [5, 5.41) is 0. The van der Waals surface area contributed by atoms with E-state index < -0.39 is 0 Å². The lowest BCUT2D eigenvalue weighted by Gasteiger charge is -2.04. The van der Waals surface area contributed by atoms with Gasteiger partial charge in [-0.2, -0.15) is 0 Å². The van der Waals surface area contributed by atoms with Crippen molar-refractivity contribution < 1.29 is 9.53 Å². The summed E-state index contributed by atoms with van der Waals surface area (Å²) < 4.78 is 5.24. The summed E-state index contributed by atoms with van der Waals surface area (Å²) >= 11 is 0. The molecular weight excluding hydrogens is 262 g/mol. The number of rotatable bonds is 11. The first-order chi connectivity index (χ1) is 10.3. The van der Waals surface area contributed by atoms with E-state index in [1.165, 1.54) is 0 Å². The third-order valence-corrected chi connectivity index (χ3v) is 3.21. The molecule has 0 aromatic heterocycles. The number of hydrogen-bond donors (Lipinski definition) is 0. The Hall–Kier alpha value is -1.64. The van der Waals surface area contributed by atoms with Crippen LogP contribution in [0.5, 0.6) is 0 Å². The Bertz CT molecular complexity index is 401. The van der Waals surface area contributed by atoms with E-state index in [2.05, 4.69) is 11.9 Å². The summed E-state index contributed by atoms with van der Waals surface area (Å²) in [7, 11) is 0. The molecule has 0 spiro atoms. The Morgan fingerprint density at radius 1 is 1.14 bits per heavy atom. The molecule has 0 N–H and O–H groups in total. The second-order valence-electron chi connectivity index (χ2n) is 5.19. The maximum atomic E-state index is 11.6. The van der Waals surface area contributed by atoms with Crippen molar-refractivity contribution in [3.63, 3.8) is 0 Å². The summed E-state index contributed by atoms with van der Waals surface area (Å²) in [5.41, 5.74) is 1.04. The monoisotopic (exact) mass is 289 g/mol. The number of ether oxygens (including phenoxy) is 1. The third kappa shape index (κ3) is 9.83. The Morgan fingerprint density at radius 3 is 2.67 bits per heavy atom. The van der Waals surface area contributed by atoms with E-state index >= 15 is 0 Å². The molecule has 3 nitrogen and oxygen atoms in total. The minimum atomic E-state index is -0.0974. The first kappa shape index (κ1) is 17.4. The van der Waals surface area contributed by atoms with Gasteiger partial charge in [0.25, 0.3) is 0 Å². The second-order valence-corrected chi connectivity index (χ2v) is 5.19. The smallest absolute Gasteiger partial charge is 0.306 e. The first-order valence-electron chi connectivity index (χ1n) is 8.00. The minimum Gasteiger partial charge on any atom is -0.461 e. The molecule has 3 heteroatoms. The lowest BCUT2D eigenvalue weighted by Crippen LogP contribution is -2.04. The number of carbonyl (C=O) groups excluding carboxylic acids is 1. The highest BCUT2D eigenvalue weighted by Gasteiger charge is 2.02. The Morgan fingerprint density at radius 2 is 1.90 bits per heavy atom. The molecular formula is C18H27NO2. The summed E-state index contributed by atoms with van der Waals surface area (Å²) in [6, 6.07) is 9.79. The van der Waals surface area contributed by atoms with Crippen molar-refractivity contribution in [2.75, 3.05) is 6.54 Å². The molecule has 0 amide bonds. The van der Waals surface area contributed by atoms with Gasteiger partial charge >= 0.3 is 5.97 Å². The van der Waals surface area contributed by atoms with Crippen LogP contribution in [0.4, 0.5) is 0 Å². The van der Waals surface area contributed by atoms with Crippen molar-refractivity contribution in [2.45, 2.75) is 58.5 Å². The molecule has 0 heterocycles. The molecule has 1 rings (SSSR count). The van der Waals surface area contributed by atoms with Crippen LogP contribution in [0.25, 0.3) is 0 Å². The normalized spacial score (nSPS) is 10.9. The quantitative estimate of drug-likeness (QED) is 0.340. The third-order valence-electron chi connectivity index (χ3n) is 3.21. The maximum Gasteiger partial charge on any atom is 0.306 e. The number of aliphatic imine (C=N–C) groups is 1. The predicted molar refractivity (Wildman–Crippen MR) is 87.6 cm³/mol. The fourth-order valence-electron chi connectivity index (χ4n) is 1.95. The number of unbranched alkanes of at least 4 members (excludes halogenated alkanes) is 4. The predicted octanol–water partition coefficient (Wildman–Crippen LogP) is 4.55. The van der Waals surface area contributed by atoms with E-state index in [-0.39, 0.29) is 5.97 Å². The standard InChI is InChI=1S/C18H27NO2/c1-2-3-14-19-15-10-5-4-9-13-18(20)21-16-17-11-7-6-8-12-17/h6-8,11-12,14H,2-5,9-10,13,15-16H2,1H3. The molecule has 0 aliphatic carbocycles. The minimum absolute atomic E-state index is 0.0974. The number of nitrogens with zero attached hydrogens (tertiary/aromatic N) is 1. The molecule has 0 saturated carbocycles. The fourth-order valence-corrected chi connectivity index (χ4v) is 1.95. The summed E-state index contributed by atoms with van der Waals surface area (Å²) in [5.74, 6) is -0.0974. The van der Waals surface area contributed by atoms with Crippen molar-refractivity contribution in [3.05, 3.63) is 35.9 Å². The summed E-state index contributed by atoms with van der Waals surface area (Å²) in [6.45, 7) is 3.45. The van der Waals surface area contributed by atoms with Gasteiger partial charge in [-0.15, -0.1) is 0 Å². The van der Waals surface area contributed by atoms with Gasteiger partial charge in [0.05, 0.1) is 0 Å². The average Bonchev–Trinajstić information content (AvgIpc) is 2.52. The van der Waals surface area contributed by atoms with Gasteiger partial charge in [-0.05, 0) is 31.0 Å². The van der Waals surface area contributed by atoms with Crippen molar-refractivity contribution in [1.82, 2.24) is 0 Å². The topological polar surface area (TPSA) is 38.7 Å². The number of esters is 1. The van der Waals surface area contributed by atoms with Gasteiger partial charge in [0.1, 0.15) is 6.61 Å². The van der Waals surface area contributed by atoms with Gasteiger partial charge in [0, 0.05) is 13.0 Å².